The van der Waals surface area contributed by atoms with E-state index < -0.39 is 44.0 Å². The van der Waals surface area contributed by atoms with Crippen LogP contribution in [0.4, 0.5) is 14.5 Å². The molecule has 7 nitrogen and oxygen atoms in total. The Bertz CT molecular complexity index is 1080. The number of halogens is 3. The number of anilines is 1. The first-order chi connectivity index (χ1) is 14.2. The Balaban J connectivity index is 1.55. The third-order valence-corrected chi connectivity index (χ3v) is 7.46. The molecule has 0 aromatic heterocycles. The Morgan fingerprint density at radius 1 is 1.23 bits per heavy atom. The van der Waals surface area contributed by atoms with Gasteiger partial charge in [-0.1, -0.05) is 17.7 Å². The molecule has 1 aliphatic rings. The average molecular weight is 476 g/mol. The van der Waals surface area contributed by atoms with E-state index in [0.29, 0.717) is 6.07 Å². The van der Waals surface area contributed by atoms with Crippen LogP contribution in [0.5, 0.6) is 0 Å². The number of rotatable bonds is 6. The van der Waals surface area contributed by atoms with E-state index in [0.717, 1.165) is 23.9 Å². The van der Waals surface area contributed by atoms with Gasteiger partial charge in [0.05, 0.1) is 16.3 Å². The van der Waals surface area contributed by atoms with Crippen molar-refractivity contribution in [2.45, 2.75) is 15.6 Å². The molecule has 12 heteroatoms. The second kappa shape index (κ2) is 9.29. The van der Waals surface area contributed by atoms with Crippen molar-refractivity contribution in [3.63, 3.8) is 0 Å². The third kappa shape index (κ3) is 5.28. The predicted molar refractivity (Wildman–Crippen MR) is 110 cm³/mol. The maximum absolute atomic E-state index is 13.6. The highest BCUT2D eigenvalue weighted by Crippen LogP contribution is 2.22. The topological polar surface area (TPSA) is 104 Å². The summed E-state index contributed by atoms with van der Waals surface area (Å²) in [5.74, 6) is -3.13. The normalized spacial score (nSPS) is 19.2. The summed E-state index contributed by atoms with van der Waals surface area (Å²) in [6, 6.07) is 8.37. The molecule has 30 heavy (non-hydrogen) atoms. The van der Waals surface area contributed by atoms with Crippen LogP contribution in [0.15, 0.2) is 47.4 Å². The zero-order valence-corrected chi connectivity index (χ0v) is 17.6. The average Bonchev–Trinajstić information content (AvgIpc) is 2.68. The van der Waals surface area contributed by atoms with Gasteiger partial charge in [0.15, 0.2) is 15.1 Å². The van der Waals surface area contributed by atoms with Crippen molar-refractivity contribution in [2.75, 3.05) is 17.6 Å². The molecule has 3 N–H and O–H groups in total. The van der Waals surface area contributed by atoms with E-state index >= 15 is 0 Å². The van der Waals surface area contributed by atoms with Gasteiger partial charge < -0.3 is 10.6 Å². The first-order valence-electron chi connectivity index (χ1n) is 8.56. The number of nitrogens with one attached hydrogen (secondary N) is 3. The molecule has 2 aromatic rings. The molecule has 0 aliphatic carbocycles. The monoisotopic (exact) mass is 475 g/mol. The van der Waals surface area contributed by atoms with Crippen LogP contribution in [-0.4, -0.2) is 43.3 Å². The number of hydrogen-bond acceptors (Lipinski definition) is 6. The van der Waals surface area contributed by atoms with E-state index in [1.807, 2.05) is 0 Å². The van der Waals surface area contributed by atoms with E-state index in [1.54, 1.807) is 0 Å². The van der Waals surface area contributed by atoms with Gasteiger partial charge in [-0.05, 0) is 30.3 Å². The summed E-state index contributed by atoms with van der Waals surface area (Å²) in [5.41, 5.74) is -0.887. The maximum Gasteiger partial charge on any atom is 0.241 e. The van der Waals surface area contributed by atoms with Gasteiger partial charge in [-0.2, -0.15) is 0 Å². The minimum absolute atomic E-state index is 0.0660. The number of thioether (sulfide) groups is 1. The Kier molecular flexibility index (Phi) is 6.96. The fraction of sp³-hybridized carbons (Fsp3) is 0.222. The number of hydrogen-bond donors (Lipinski definition) is 3. The smallest absolute Gasteiger partial charge is 0.241 e. The lowest BCUT2D eigenvalue weighted by Gasteiger charge is -2.29. The number of sulfone groups is 1. The van der Waals surface area contributed by atoms with Gasteiger partial charge in [-0.25, -0.2) is 17.2 Å². The molecule has 1 heterocycles. The molecule has 160 valence electrons. The van der Waals surface area contributed by atoms with Crippen LogP contribution in [0.25, 0.3) is 0 Å². The third-order valence-electron chi connectivity index (χ3n) is 4.14. The fourth-order valence-corrected chi connectivity index (χ4v) is 5.29. The van der Waals surface area contributed by atoms with Crippen LogP contribution in [-0.2, 0) is 19.4 Å². The van der Waals surface area contributed by atoms with Crippen molar-refractivity contribution >= 4 is 50.7 Å². The Hall–Kier alpha value is -2.21. The van der Waals surface area contributed by atoms with Crippen molar-refractivity contribution in [1.82, 2.24) is 10.6 Å². The highest BCUT2D eigenvalue weighted by atomic mass is 35.5. The number of carbonyl (C=O) groups excluding carboxylic acids is 2. The van der Waals surface area contributed by atoms with Gasteiger partial charge in [0.1, 0.15) is 17.1 Å². The summed E-state index contributed by atoms with van der Waals surface area (Å²) in [6.45, 7) is -0.160. The van der Waals surface area contributed by atoms with E-state index in [1.165, 1.54) is 24.3 Å². The predicted octanol–water partition coefficient (Wildman–Crippen LogP) is 2.14. The molecule has 0 saturated carbocycles. The molecule has 2 amide bonds. The zero-order valence-electron chi connectivity index (χ0n) is 15.2. The van der Waals surface area contributed by atoms with E-state index in [4.69, 9.17) is 11.6 Å². The molecular weight excluding hydrogens is 460 g/mol. The highest BCUT2D eigenvalue weighted by molar-refractivity contribution is 8.00. The lowest BCUT2D eigenvalue weighted by atomic mass is 10.3. The van der Waals surface area contributed by atoms with Gasteiger partial charge in [-0.3, -0.25) is 14.9 Å². The second-order valence-corrected chi connectivity index (χ2v) is 9.93. The maximum atomic E-state index is 13.6. The van der Waals surface area contributed by atoms with E-state index in [9.17, 15) is 26.8 Å². The van der Waals surface area contributed by atoms with Gasteiger partial charge >= 0.3 is 0 Å². The van der Waals surface area contributed by atoms with Gasteiger partial charge in [-0.15, -0.1) is 11.8 Å². The molecule has 1 fully saturated rings. The van der Waals surface area contributed by atoms with Crippen LogP contribution in [0, 0.1) is 11.6 Å². The number of carbonyl (C=O) groups is 2. The summed E-state index contributed by atoms with van der Waals surface area (Å²) in [7, 11) is -3.96. The Labute approximate surface area is 180 Å². The van der Waals surface area contributed by atoms with E-state index in [2.05, 4.69) is 16.0 Å². The molecule has 3 rings (SSSR count). The second-order valence-electron chi connectivity index (χ2n) is 6.27. The number of amides is 2. The molecule has 1 saturated heterocycles. The molecular formula is C18H16ClF2N3O4S2. The van der Waals surface area contributed by atoms with Crippen molar-refractivity contribution in [2.24, 2.45) is 0 Å². The van der Waals surface area contributed by atoms with Crippen LogP contribution in [0.1, 0.15) is 0 Å². The van der Waals surface area contributed by atoms with E-state index in [-0.39, 0.29) is 27.9 Å². The summed E-state index contributed by atoms with van der Waals surface area (Å²) in [5, 5.41) is 6.51. The SMILES string of the molecule is O=C(CSC1NCC(S(=O)(=O)c2cccc(Cl)c2)C(=O)N1)Nc1ccc(F)cc1F. The summed E-state index contributed by atoms with van der Waals surface area (Å²) in [6.07, 6.45) is 0. The molecule has 2 atom stereocenters. The fourth-order valence-electron chi connectivity index (χ4n) is 2.68. The Morgan fingerprint density at radius 2 is 2.00 bits per heavy atom. The first kappa shape index (κ1) is 22.5. The largest absolute Gasteiger partial charge is 0.331 e. The minimum Gasteiger partial charge on any atom is -0.331 e. The van der Waals surface area contributed by atoms with Crippen LogP contribution in [0.2, 0.25) is 5.02 Å². The quantitative estimate of drug-likeness (QED) is 0.591. The van der Waals surface area contributed by atoms with Gasteiger partial charge in [0.25, 0.3) is 0 Å². The van der Waals surface area contributed by atoms with Crippen molar-refractivity contribution in [3.8, 4) is 0 Å². The van der Waals surface area contributed by atoms with Crippen molar-refractivity contribution in [1.29, 1.82) is 0 Å². The van der Waals surface area contributed by atoms with Crippen molar-refractivity contribution in [3.05, 3.63) is 59.1 Å². The van der Waals surface area contributed by atoms with Gasteiger partial charge in [0.2, 0.25) is 11.8 Å². The van der Waals surface area contributed by atoms with Crippen LogP contribution < -0.4 is 16.0 Å². The van der Waals surface area contributed by atoms with Crippen molar-refractivity contribution < 1.29 is 26.8 Å². The molecule has 0 spiro atoms. The highest BCUT2D eigenvalue weighted by Gasteiger charge is 2.38. The molecule has 0 radical (unpaired) electrons. The molecule has 0 bridgehead atoms. The Morgan fingerprint density at radius 3 is 2.67 bits per heavy atom. The van der Waals surface area contributed by atoms with Gasteiger partial charge in [0, 0.05) is 17.6 Å². The standard InChI is InChI=1S/C18H16ClF2N3O4S2/c19-10-2-1-3-12(6-10)30(27,28)15-8-22-18(24-17(15)26)29-9-16(25)23-14-5-4-11(20)7-13(14)21/h1-7,15,18,22H,8-9H2,(H,23,25)(H,24,26). The molecule has 2 unspecified atom stereocenters. The first-order valence-corrected chi connectivity index (χ1v) is 11.5. The summed E-state index contributed by atoms with van der Waals surface area (Å²) < 4.78 is 51.9. The minimum atomic E-state index is -3.96. The lowest BCUT2D eigenvalue weighted by Crippen LogP contribution is -2.59. The lowest BCUT2D eigenvalue weighted by molar-refractivity contribution is -0.122. The summed E-state index contributed by atoms with van der Waals surface area (Å²) in [4.78, 5) is 24.3. The number of benzene rings is 2. The molecule has 2 aromatic carbocycles. The van der Waals surface area contributed by atoms with Crippen LogP contribution in [0.3, 0.4) is 0 Å². The van der Waals surface area contributed by atoms with Crippen LogP contribution >= 0.6 is 23.4 Å². The molecule has 1 aliphatic heterocycles. The zero-order chi connectivity index (χ0) is 21.9. The summed E-state index contributed by atoms with van der Waals surface area (Å²) >= 11 is 6.81.